The van der Waals surface area contributed by atoms with Crippen LogP contribution in [0.15, 0.2) is 57.6 Å². The number of phenolic OH excluding ortho intramolecular Hbond substituents is 1. The third kappa shape index (κ3) is 3.37. The molecule has 9 heteroatoms. The highest BCUT2D eigenvalue weighted by molar-refractivity contribution is 9.12. The second-order valence-corrected chi connectivity index (χ2v) is 9.81. The molecule has 174 valence electrons. The molecule has 0 aromatic heterocycles. The van der Waals surface area contributed by atoms with Crippen LogP contribution in [-0.2, 0) is 24.0 Å². The lowest BCUT2D eigenvalue weighted by Crippen LogP contribution is -2.39. The Morgan fingerprint density at radius 1 is 1.12 bits per heavy atom. The molecule has 4 atom stereocenters. The number of carboxylic acids is 1. The molecular formula is C25H20BrNO7. The zero-order chi connectivity index (χ0) is 24.3. The maximum atomic E-state index is 13.3. The van der Waals surface area contributed by atoms with Crippen molar-refractivity contribution in [1.29, 1.82) is 0 Å². The monoisotopic (exact) mass is 525 g/mol. The van der Waals surface area contributed by atoms with Gasteiger partial charge in [0.2, 0.25) is 11.8 Å². The average molecular weight is 526 g/mol. The summed E-state index contributed by atoms with van der Waals surface area (Å²) in [4.78, 5) is 64.5. The van der Waals surface area contributed by atoms with Gasteiger partial charge in [0.05, 0.1) is 22.7 Å². The van der Waals surface area contributed by atoms with E-state index < -0.39 is 41.5 Å². The number of aliphatic carboxylic acids is 1. The number of likely N-dealkylation sites (tertiary alicyclic amines) is 1. The van der Waals surface area contributed by atoms with Crippen molar-refractivity contribution in [2.75, 3.05) is 6.54 Å². The van der Waals surface area contributed by atoms with Crippen LogP contribution in [0.4, 0.5) is 0 Å². The van der Waals surface area contributed by atoms with E-state index in [2.05, 4.69) is 15.9 Å². The van der Waals surface area contributed by atoms with E-state index in [1.165, 1.54) is 18.2 Å². The minimum Gasteiger partial charge on any atom is -0.508 e. The fourth-order valence-electron chi connectivity index (χ4n) is 5.78. The zero-order valence-corrected chi connectivity index (χ0v) is 19.4. The molecule has 2 N–H and O–H groups in total. The number of nitrogens with zero attached hydrogens (tertiary/aromatic N) is 1. The summed E-state index contributed by atoms with van der Waals surface area (Å²) in [5.41, 5.74) is 2.03. The number of allylic oxidation sites excluding steroid dienone is 6. The number of ketones is 2. The van der Waals surface area contributed by atoms with Crippen LogP contribution < -0.4 is 0 Å². The average Bonchev–Trinajstić information content (AvgIpc) is 3.04. The minimum atomic E-state index is -1.10. The number of carboxylic acid groups (broad SMARTS) is 1. The molecule has 8 nitrogen and oxygen atoms in total. The van der Waals surface area contributed by atoms with Crippen LogP contribution in [0.5, 0.6) is 5.75 Å². The first-order valence-electron chi connectivity index (χ1n) is 10.9. The Morgan fingerprint density at radius 2 is 1.88 bits per heavy atom. The Bertz CT molecular complexity index is 1270. The lowest BCUT2D eigenvalue weighted by molar-refractivity contribution is -0.142. The van der Waals surface area contributed by atoms with Gasteiger partial charge in [-0.2, -0.15) is 0 Å². The van der Waals surface area contributed by atoms with Gasteiger partial charge < -0.3 is 10.2 Å². The third-order valence-electron chi connectivity index (χ3n) is 7.18. The van der Waals surface area contributed by atoms with E-state index in [-0.39, 0.29) is 47.6 Å². The van der Waals surface area contributed by atoms with E-state index in [4.69, 9.17) is 5.11 Å². The second kappa shape index (κ2) is 8.16. The van der Waals surface area contributed by atoms with Gasteiger partial charge in [-0.15, -0.1) is 0 Å². The summed E-state index contributed by atoms with van der Waals surface area (Å²) in [6.07, 6.45) is 3.21. The molecule has 2 amide bonds. The fourth-order valence-corrected chi connectivity index (χ4v) is 6.23. The Balaban J connectivity index is 1.62. The number of amides is 2. The van der Waals surface area contributed by atoms with Crippen molar-refractivity contribution in [2.24, 2.45) is 17.8 Å². The number of hydrogen-bond acceptors (Lipinski definition) is 6. The van der Waals surface area contributed by atoms with Crippen molar-refractivity contribution in [3.63, 3.8) is 0 Å². The molecule has 4 aliphatic rings. The van der Waals surface area contributed by atoms with Gasteiger partial charge in [-0.3, -0.25) is 28.9 Å². The van der Waals surface area contributed by atoms with Crippen molar-refractivity contribution < 1.29 is 34.2 Å². The molecule has 34 heavy (non-hydrogen) atoms. The molecule has 0 bridgehead atoms. The number of aromatic hydroxyl groups is 1. The standard InChI is InChI=1S/C25H20BrNO7/c26-17-10-18(29)22-16(23(17)32)9-15-13(20(22)11-2-1-3-12(28)8-11)4-5-14-21(15)25(34)27(24(14)33)7-6-19(30)31/h1-4,8,10,14-15,20-21,28H,5-7,9H2,(H,30,31). The van der Waals surface area contributed by atoms with Crippen LogP contribution in [0, 0.1) is 17.8 Å². The normalized spacial score (nSPS) is 28.3. The van der Waals surface area contributed by atoms with E-state index in [0.717, 1.165) is 10.5 Å². The maximum absolute atomic E-state index is 13.3. The fraction of sp³-hybridized carbons (Fsp3) is 0.320. The SMILES string of the molecule is O=C(O)CCN1C(=O)C2CC=C3C(c4cccc(O)c4)C4=C(CC3C2C1=O)C(=O)C(Br)=CC4=O. The number of Topliss-reactive ketones (excluding diaryl/α,β-unsaturated/α-hetero) is 1. The number of halogens is 1. The first-order chi connectivity index (χ1) is 16.2. The maximum Gasteiger partial charge on any atom is 0.305 e. The highest BCUT2D eigenvalue weighted by atomic mass is 79.9. The third-order valence-corrected chi connectivity index (χ3v) is 7.76. The summed E-state index contributed by atoms with van der Waals surface area (Å²) in [6, 6.07) is 6.46. The largest absolute Gasteiger partial charge is 0.508 e. The zero-order valence-electron chi connectivity index (χ0n) is 17.9. The molecule has 3 aliphatic carbocycles. The van der Waals surface area contributed by atoms with Crippen molar-refractivity contribution in [1.82, 2.24) is 4.90 Å². The van der Waals surface area contributed by atoms with Crippen LogP contribution in [-0.4, -0.2) is 51.0 Å². The van der Waals surface area contributed by atoms with Gasteiger partial charge in [0, 0.05) is 29.7 Å². The first kappa shape index (κ1) is 22.5. The van der Waals surface area contributed by atoms with E-state index in [1.54, 1.807) is 12.1 Å². The van der Waals surface area contributed by atoms with Gasteiger partial charge in [-0.25, -0.2) is 0 Å². The number of hydrogen-bond donors (Lipinski definition) is 2. The first-order valence-corrected chi connectivity index (χ1v) is 11.7. The molecule has 1 heterocycles. The van der Waals surface area contributed by atoms with Gasteiger partial charge in [0.25, 0.3) is 0 Å². The molecule has 0 radical (unpaired) electrons. The Labute approximate surface area is 202 Å². The minimum absolute atomic E-state index is 0.00864. The molecule has 1 aliphatic heterocycles. The van der Waals surface area contributed by atoms with Crippen LogP contribution in [0.1, 0.15) is 30.7 Å². The molecule has 4 unspecified atom stereocenters. The number of benzene rings is 1. The van der Waals surface area contributed by atoms with Crippen molar-refractivity contribution >= 4 is 45.3 Å². The molecule has 0 spiro atoms. The molecule has 1 fully saturated rings. The molecule has 1 aromatic carbocycles. The Morgan fingerprint density at radius 3 is 2.59 bits per heavy atom. The summed E-state index contributed by atoms with van der Waals surface area (Å²) in [5, 5.41) is 19.1. The molecule has 5 rings (SSSR count). The Kier molecular flexibility index (Phi) is 5.39. The predicted molar refractivity (Wildman–Crippen MR) is 122 cm³/mol. The van der Waals surface area contributed by atoms with E-state index in [1.807, 2.05) is 6.08 Å². The summed E-state index contributed by atoms with van der Waals surface area (Å²) in [7, 11) is 0. The molecular weight excluding hydrogens is 506 g/mol. The van der Waals surface area contributed by atoms with Crippen LogP contribution in [0.2, 0.25) is 0 Å². The molecule has 1 saturated heterocycles. The van der Waals surface area contributed by atoms with Gasteiger partial charge in [-0.05, 0) is 52.4 Å². The van der Waals surface area contributed by atoms with Crippen LogP contribution in [0.3, 0.4) is 0 Å². The van der Waals surface area contributed by atoms with Crippen molar-refractivity contribution in [2.45, 2.75) is 25.2 Å². The number of phenols is 1. The summed E-state index contributed by atoms with van der Waals surface area (Å²) < 4.78 is 0.141. The summed E-state index contributed by atoms with van der Waals surface area (Å²) >= 11 is 3.17. The van der Waals surface area contributed by atoms with Gasteiger partial charge in [-0.1, -0.05) is 23.8 Å². The number of imide groups is 1. The summed E-state index contributed by atoms with van der Waals surface area (Å²) in [5.74, 6) is -5.06. The van der Waals surface area contributed by atoms with E-state index in [0.29, 0.717) is 16.7 Å². The lowest BCUT2D eigenvalue weighted by atomic mass is 9.59. The van der Waals surface area contributed by atoms with E-state index >= 15 is 0 Å². The Hall–Kier alpha value is -3.33. The predicted octanol–water partition coefficient (Wildman–Crippen LogP) is 2.63. The number of rotatable bonds is 4. The number of carbonyl (C=O) groups is 5. The topological polar surface area (TPSA) is 129 Å². The van der Waals surface area contributed by atoms with Crippen molar-refractivity contribution in [3.05, 3.63) is 63.2 Å². The van der Waals surface area contributed by atoms with E-state index in [9.17, 15) is 29.1 Å². The quantitative estimate of drug-likeness (QED) is 0.351. The van der Waals surface area contributed by atoms with Crippen LogP contribution in [0.25, 0.3) is 0 Å². The second-order valence-electron chi connectivity index (χ2n) is 8.96. The molecule has 0 saturated carbocycles. The summed E-state index contributed by atoms with van der Waals surface area (Å²) in [6.45, 7) is -0.197. The van der Waals surface area contributed by atoms with Crippen LogP contribution >= 0.6 is 15.9 Å². The smallest absolute Gasteiger partial charge is 0.305 e. The molecule has 1 aromatic rings. The van der Waals surface area contributed by atoms with Gasteiger partial charge in [0.15, 0.2) is 11.6 Å². The van der Waals surface area contributed by atoms with Gasteiger partial charge in [0.1, 0.15) is 5.75 Å². The number of carbonyl (C=O) groups excluding carboxylic acids is 4. The van der Waals surface area contributed by atoms with Crippen molar-refractivity contribution in [3.8, 4) is 5.75 Å². The highest BCUT2D eigenvalue weighted by Crippen LogP contribution is 2.55. The number of fused-ring (bicyclic) bond motifs is 3. The van der Waals surface area contributed by atoms with Gasteiger partial charge >= 0.3 is 5.97 Å². The highest BCUT2D eigenvalue weighted by Gasteiger charge is 2.56. The lowest BCUT2D eigenvalue weighted by Gasteiger charge is -2.42.